The van der Waals surface area contributed by atoms with E-state index in [0.29, 0.717) is 32.7 Å². The minimum absolute atomic E-state index is 0.176. The van der Waals surface area contributed by atoms with Gasteiger partial charge in [-0.25, -0.2) is 0 Å². The molecule has 0 aliphatic heterocycles. The fourth-order valence-electron chi connectivity index (χ4n) is 1.10. The number of hydrogen-bond acceptors (Lipinski definition) is 4. The van der Waals surface area contributed by atoms with E-state index in [0.717, 1.165) is 0 Å². The average molecular weight is 259 g/mol. The van der Waals surface area contributed by atoms with Gasteiger partial charge in [0.25, 0.3) is 0 Å². The minimum atomic E-state index is -0.697. The summed E-state index contributed by atoms with van der Waals surface area (Å²) in [6.07, 6.45) is 0.665. The molecule has 0 unspecified atom stereocenters. The van der Waals surface area contributed by atoms with Crippen LogP contribution in [0.3, 0.4) is 0 Å². The summed E-state index contributed by atoms with van der Waals surface area (Å²) in [6.45, 7) is 5.40. The quantitative estimate of drug-likeness (QED) is 0.376. The molecular formula is C11H21N3O4. The Balaban J connectivity index is 3.51. The summed E-state index contributed by atoms with van der Waals surface area (Å²) in [5.41, 5.74) is 0. The van der Waals surface area contributed by atoms with Gasteiger partial charge in [-0.2, -0.15) is 0 Å². The highest BCUT2D eigenvalue weighted by molar-refractivity contribution is 6.35. The van der Waals surface area contributed by atoms with E-state index in [2.05, 4.69) is 16.0 Å². The molecule has 0 aromatic carbocycles. The topological polar surface area (TPSA) is 96.5 Å². The number of nitrogens with one attached hydrogen (secondary N) is 3. The summed E-state index contributed by atoms with van der Waals surface area (Å²) < 4.78 is 5.09. The SMILES string of the molecule is CCOCCCNC(=O)C(=O)NCCNC(C)=O. The van der Waals surface area contributed by atoms with E-state index < -0.39 is 11.8 Å². The molecule has 3 N–H and O–H groups in total. The Labute approximate surface area is 107 Å². The van der Waals surface area contributed by atoms with Gasteiger partial charge in [-0.15, -0.1) is 0 Å². The molecule has 0 bridgehead atoms. The van der Waals surface area contributed by atoms with Crippen molar-refractivity contribution < 1.29 is 19.1 Å². The second kappa shape index (κ2) is 10.5. The van der Waals surface area contributed by atoms with Crippen molar-refractivity contribution in [3.8, 4) is 0 Å². The molecule has 0 spiro atoms. The molecule has 0 saturated carbocycles. The predicted octanol–water partition coefficient (Wildman–Crippen LogP) is -1.22. The van der Waals surface area contributed by atoms with Crippen LogP contribution in [0.15, 0.2) is 0 Å². The molecule has 7 nitrogen and oxygen atoms in total. The molecule has 0 fully saturated rings. The van der Waals surface area contributed by atoms with Crippen molar-refractivity contribution in [2.45, 2.75) is 20.3 Å². The highest BCUT2D eigenvalue weighted by Crippen LogP contribution is 1.80. The Kier molecular flexibility index (Phi) is 9.57. The Morgan fingerprint density at radius 2 is 1.50 bits per heavy atom. The lowest BCUT2D eigenvalue weighted by atomic mass is 10.4. The first-order valence-electron chi connectivity index (χ1n) is 5.96. The zero-order chi connectivity index (χ0) is 13.8. The van der Waals surface area contributed by atoms with E-state index in [1.54, 1.807) is 0 Å². The zero-order valence-electron chi connectivity index (χ0n) is 10.9. The van der Waals surface area contributed by atoms with Crippen LogP contribution in [0.4, 0.5) is 0 Å². The van der Waals surface area contributed by atoms with E-state index in [1.807, 2.05) is 6.92 Å². The van der Waals surface area contributed by atoms with E-state index >= 15 is 0 Å². The maximum atomic E-state index is 11.3. The molecule has 104 valence electrons. The number of hydrogen-bond donors (Lipinski definition) is 3. The van der Waals surface area contributed by atoms with Gasteiger partial charge in [0.1, 0.15) is 0 Å². The number of carbonyl (C=O) groups excluding carboxylic acids is 3. The summed E-state index contributed by atoms with van der Waals surface area (Å²) in [5, 5.41) is 7.37. The molecule has 0 aromatic heterocycles. The van der Waals surface area contributed by atoms with Gasteiger partial charge in [-0.05, 0) is 13.3 Å². The molecule has 7 heteroatoms. The summed E-state index contributed by atoms with van der Waals surface area (Å²) in [4.78, 5) is 33.0. The first-order valence-corrected chi connectivity index (χ1v) is 5.96. The molecule has 0 aliphatic rings. The molecule has 0 aliphatic carbocycles. The van der Waals surface area contributed by atoms with Gasteiger partial charge >= 0.3 is 11.8 Å². The van der Waals surface area contributed by atoms with E-state index in [-0.39, 0.29) is 12.5 Å². The second-order valence-electron chi connectivity index (χ2n) is 3.55. The Hall–Kier alpha value is -1.63. The molecule has 0 rings (SSSR count). The average Bonchev–Trinajstić information content (AvgIpc) is 2.33. The molecule has 18 heavy (non-hydrogen) atoms. The van der Waals surface area contributed by atoms with Crippen LogP contribution in [0, 0.1) is 0 Å². The van der Waals surface area contributed by atoms with Crippen molar-refractivity contribution >= 4 is 17.7 Å². The summed E-state index contributed by atoms with van der Waals surface area (Å²) in [7, 11) is 0. The van der Waals surface area contributed by atoms with Crippen molar-refractivity contribution in [1.29, 1.82) is 0 Å². The maximum absolute atomic E-state index is 11.3. The van der Waals surface area contributed by atoms with E-state index in [4.69, 9.17) is 4.74 Å². The van der Waals surface area contributed by atoms with E-state index in [9.17, 15) is 14.4 Å². The lowest BCUT2D eigenvalue weighted by Crippen LogP contribution is -2.43. The number of ether oxygens (including phenoxy) is 1. The third-order valence-corrected chi connectivity index (χ3v) is 1.95. The Bertz CT molecular complexity index is 281. The molecule has 0 aromatic rings. The third-order valence-electron chi connectivity index (χ3n) is 1.95. The lowest BCUT2D eigenvalue weighted by molar-refractivity contribution is -0.139. The third kappa shape index (κ3) is 9.59. The first kappa shape index (κ1) is 16.4. The Morgan fingerprint density at radius 1 is 0.944 bits per heavy atom. The smallest absolute Gasteiger partial charge is 0.309 e. The minimum Gasteiger partial charge on any atom is -0.382 e. The van der Waals surface area contributed by atoms with Crippen LogP contribution in [0.2, 0.25) is 0 Å². The van der Waals surface area contributed by atoms with Crippen LogP contribution in [-0.2, 0) is 19.1 Å². The summed E-state index contributed by atoms with van der Waals surface area (Å²) in [6, 6.07) is 0. The predicted molar refractivity (Wildman–Crippen MR) is 65.8 cm³/mol. The van der Waals surface area contributed by atoms with Crippen molar-refractivity contribution in [3.05, 3.63) is 0 Å². The second-order valence-corrected chi connectivity index (χ2v) is 3.55. The van der Waals surface area contributed by atoms with Gasteiger partial charge in [0.05, 0.1) is 0 Å². The van der Waals surface area contributed by atoms with Gasteiger partial charge in [0, 0.05) is 39.8 Å². The van der Waals surface area contributed by atoms with Gasteiger partial charge in [0.15, 0.2) is 0 Å². The highest BCUT2D eigenvalue weighted by Gasteiger charge is 2.11. The summed E-state index contributed by atoms with van der Waals surface area (Å²) in [5.74, 6) is -1.55. The molecule has 3 amide bonds. The van der Waals surface area contributed by atoms with Gasteiger partial charge < -0.3 is 20.7 Å². The van der Waals surface area contributed by atoms with Crippen LogP contribution in [-0.4, -0.2) is 50.6 Å². The van der Waals surface area contributed by atoms with Crippen molar-refractivity contribution in [2.24, 2.45) is 0 Å². The number of amides is 3. The molecule has 0 atom stereocenters. The molecular weight excluding hydrogens is 238 g/mol. The van der Waals surface area contributed by atoms with Crippen molar-refractivity contribution in [3.63, 3.8) is 0 Å². The van der Waals surface area contributed by atoms with Gasteiger partial charge in [-0.3, -0.25) is 14.4 Å². The van der Waals surface area contributed by atoms with Gasteiger partial charge in [0.2, 0.25) is 5.91 Å². The maximum Gasteiger partial charge on any atom is 0.309 e. The van der Waals surface area contributed by atoms with Crippen LogP contribution >= 0.6 is 0 Å². The monoisotopic (exact) mass is 259 g/mol. The molecule has 0 saturated heterocycles. The number of rotatable bonds is 8. The zero-order valence-corrected chi connectivity index (χ0v) is 10.9. The fourth-order valence-corrected chi connectivity index (χ4v) is 1.10. The fraction of sp³-hybridized carbons (Fsp3) is 0.727. The van der Waals surface area contributed by atoms with Crippen molar-refractivity contribution in [2.75, 3.05) is 32.8 Å². The summed E-state index contributed by atoms with van der Waals surface area (Å²) >= 11 is 0. The molecule has 0 heterocycles. The highest BCUT2D eigenvalue weighted by atomic mass is 16.5. The van der Waals surface area contributed by atoms with E-state index in [1.165, 1.54) is 6.92 Å². The Morgan fingerprint density at radius 3 is 2.06 bits per heavy atom. The van der Waals surface area contributed by atoms with Crippen LogP contribution in [0.25, 0.3) is 0 Å². The van der Waals surface area contributed by atoms with Crippen LogP contribution in [0.1, 0.15) is 20.3 Å². The lowest BCUT2D eigenvalue weighted by Gasteiger charge is -2.06. The first-order chi connectivity index (χ1) is 8.57. The molecule has 0 radical (unpaired) electrons. The normalized spacial score (nSPS) is 9.67. The van der Waals surface area contributed by atoms with Gasteiger partial charge in [-0.1, -0.05) is 0 Å². The number of carbonyl (C=O) groups is 3. The van der Waals surface area contributed by atoms with Crippen molar-refractivity contribution in [1.82, 2.24) is 16.0 Å². The largest absolute Gasteiger partial charge is 0.382 e. The van der Waals surface area contributed by atoms with Crippen LogP contribution < -0.4 is 16.0 Å². The standard InChI is InChI=1S/C11H21N3O4/c1-3-18-8-4-5-13-10(16)11(17)14-7-6-12-9(2)15/h3-8H2,1-2H3,(H,12,15)(H,13,16)(H,14,17). The van der Waals surface area contributed by atoms with Crippen LogP contribution in [0.5, 0.6) is 0 Å².